The second kappa shape index (κ2) is 6.44. The van der Waals surface area contributed by atoms with E-state index in [0.717, 1.165) is 17.0 Å². The predicted octanol–water partition coefficient (Wildman–Crippen LogP) is 3.68. The molecule has 5 nitrogen and oxygen atoms in total. The van der Waals surface area contributed by atoms with Crippen LogP contribution in [-0.2, 0) is 5.60 Å². The molecule has 146 valence electrons. The van der Waals surface area contributed by atoms with E-state index >= 15 is 0 Å². The number of fused-ring (bicyclic) bond motifs is 3. The number of ether oxygens (including phenoxy) is 1. The molecule has 1 aliphatic heterocycles. The molecule has 2 aromatic heterocycles. The molecule has 0 bridgehead atoms. The molecule has 4 aromatic rings. The number of imidazole rings is 1. The highest BCUT2D eigenvalue weighted by atomic mass is 16.5. The molecule has 3 heterocycles. The molecular formula is C24H22N2O3. The summed E-state index contributed by atoms with van der Waals surface area (Å²) in [5, 5.41) is 23.3. The Morgan fingerprint density at radius 3 is 2.31 bits per heavy atom. The number of aliphatic hydroxyl groups excluding tert-OH is 1. The molecule has 0 saturated heterocycles. The third-order valence-electron chi connectivity index (χ3n) is 5.94. The quantitative estimate of drug-likeness (QED) is 0.552. The molecule has 5 heteroatoms. The lowest BCUT2D eigenvalue weighted by atomic mass is 9.76. The second-order valence-corrected chi connectivity index (χ2v) is 7.56. The lowest BCUT2D eigenvalue weighted by molar-refractivity contribution is -0.119. The van der Waals surface area contributed by atoms with E-state index in [1.54, 1.807) is 0 Å². The lowest BCUT2D eigenvalue weighted by Gasteiger charge is -2.43. The molecule has 29 heavy (non-hydrogen) atoms. The average molecular weight is 386 g/mol. The summed E-state index contributed by atoms with van der Waals surface area (Å²) in [5.41, 5.74) is 2.83. The number of rotatable bonds is 2. The smallest absolute Gasteiger partial charge is 0.180 e. The zero-order valence-electron chi connectivity index (χ0n) is 16.3. The Bertz CT molecular complexity index is 1190. The average Bonchev–Trinajstić information content (AvgIpc) is 3.06. The van der Waals surface area contributed by atoms with Crippen LogP contribution in [0.3, 0.4) is 0 Å². The maximum Gasteiger partial charge on any atom is 0.180 e. The van der Waals surface area contributed by atoms with Crippen molar-refractivity contribution >= 4 is 5.65 Å². The van der Waals surface area contributed by atoms with Crippen molar-refractivity contribution in [2.75, 3.05) is 0 Å². The van der Waals surface area contributed by atoms with Gasteiger partial charge in [-0.15, -0.1) is 0 Å². The van der Waals surface area contributed by atoms with Gasteiger partial charge in [-0.05, 0) is 31.0 Å². The van der Waals surface area contributed by atoms with Crippen LogP contribution in [0.4, 0.5) is 0 Å². The van der Waals surface area contributed by atoms with Crippen LogP contribution in [0.5, 0.6) is 5.75 Å². The van der Waals surface area contributed by atoms with Gasteiger partial charge < -0.3 is 19.4 Å². The van der Waals surface area contributed by atoms with Crippen LogP contribution in [0.15, 0.2) is 72.9 Å². The van der Waals surface area contributed by atoms with Gasteiger partial charge in [-0.2, -0.15) is 0 Å². The van der Waals surface area contributed by atoms with Gasteiger partial charge in [0.1, 0.15) is 11.7 Å². The lowest BCUT2D eigenvalue weighted by Crippen LogP contribution is -2.49. The number of nitrogens with zero attached hydrogens (tertiary/aromatic N) is 2. The molecular weight excluding hydrogens is 364 g/mol. The van der Waals surface area contributed by atoms with Crippen LogP contribution >= 0.6 is 0 Å². The Labute approximate surface area is 168 Å². The van der Waals surface area contributed by atoms with Gasteiger partial charge in [-0.3, -0.25) is 0 Å². The molecule has 0 saturated carbocycles. The van der Waals surface area contributed by atoms with E-state index in [0.29, 0.717) is 22.5 Å². The fraction of sp³-hybridized carbons (Fsp3) is 0.208. The van der Waals surface area contributed by atoms with Crippen molar-refractivity contribution in [3.8, 4) is 5.75 Å². The zero-order valence-corrected chi connectivity index (χ0v) is 16.3. The third-order valence-corrected chi connectivity index (χ3v) is 5.94. The zero-order chi connectivity index (χ0) is 20.2. The van der Waals surface area contributed by atoms with Crippen molar-refractivity contribution in [1.29, 1.82) is 0 Å². The Hall–Kier alpha value is -3.15. The highest BCUT2D eigenvalue weighted by Gasteiger charge is 2.51. The van der Waals surface area contributed by atoms with E-state index in [1.165, 1.54) is 0 Å². The Balaban J connectivity index is 1.82. The number of pyridine rings is 1. The van der Waals surface area contributed by atoms with Gasteiger partial charge >= 0.3 is 0 Å². The summed E-state index contributed by atoms with van der Waals surface area (Å²) in [6.07, 6.45) is -0.0621. The molecule has 2 aromatic carbocycles. The summed E-state index contributed by atoms with van der Waals surface area (Å²) in [5.74, 6) is 0.495. The van der Waals surface area contributed by atoms with Crippen molar-refractivity contribution in [2.45, 2.75) is 31.7 Å². The van der Waals surface area contributed by atoms with Crippen LogP contribution in [0, 0.1) is 13.8 Å². The first kappa shape index (κ1) is 17.9. The standard InChI is InChI=1S/C24H22N2O3/c1-15-16(2)26-14-13-19-21(23(26)25-15)29-20(17-9-5-3-6-10-17)22(27)24(19,28)18-11-7-4-8-12-18/h3-14,20,22,27-28H,1-2H3/t20-,22-,24+/m1/s1. The van der Waals surface area contributed by atoms with Gasteiger partial charge in [0, 0.05) is 17.5 Å². The van der Waals surface area contributed by atoms with Crippen LogP contribution in [0.1, 0.15) is 34.2 Å². The van der Waals surface area contributed by atoms with Crippen molar-refractivity contribution in [3.63, 3.8) is 0 Å². The first-order valence-electron chi connectivity index (χ1n) is 9.68. The summed E-state index contributed by atoms with van der Waals surface area (Å²) in [6.45, 7) is 3.95. The highest BCUT2D eigenvalue weighted by Crippen LogP contribution is 2.49. The monoisotopic (exact) mass is 386 g/mol. The molecule has 0 amide bonds. The van der Waals surface area contributed by atoms with E-state index in [1.807, 2.05) is 91.2 Å². The summed E-state index contributed by atoms with van der Waals surface area (Å²) in [7, 11) is 0. The van der Waals surface area contributed by atoms with Gasteiger partial charge in [0.05, 0.1) is 5.69 Å². The molecule has 0 unspecified atom stereocenters. The molecule has 1 aliphatic rings. The number of aliphatic hydroxyl groups is 2. The minimum Gasteiger partial charge on any atom is -0.479 e. The van der Waals surface area contributed by atoms with Crippen molar-refractivity contribution in [2.24, 2.45) is 0 Å². The van der Waals surface area contributed by atoms with E-state index in [4.69, 9.17) is 4.74 Å². The van der Waals surface area contributed by atoms with Crippen molar-refractivity contribution in [3.05, 3.63) is 101 Å². The topological polar surface area (TPSA) is 67.0 Å². The van der Waals surface area contributed by atoms with E-state index < -0.39 is 17.8 Å². The van der Waals surface area contributed by atoms with E-state index in [2.05, 4.69) is 4.98 Å². The van der Waals surface area contributed by atoms with Gasteiger partial charge in [0.25, 0.3) is 0 Å². The third kappa shape index (κ3) is 2.51. The minimum absolute atomic E-state index is 0.495. The van der Waals surface area contributed by atoms with Crippen LogP contribution < -0.4 is 4.74 Å². The molecule has 5 rings (SSSR count). The van der Waals surface area contributed by atoms with E-state index in [-0.39, 0.29) is 0 Å². The summed E-state index contributed by atoms with van der Waals surface area (Å²) in [6, 6.07) is 20.6. The summed E-state index contributed by atoms with van der Waals surface area (Å²) >= 11 is 0. The van der Waals surface area contributed by atoms with Gasteiger partial charge in [0.15, 0.2) is 17.5 Å². The summed E-state index contributed by atoms with van der Waals surface area (Å²) < 4.78 is 8.29. The predicted molar refractivity (Wildman–Crippen MR) is 110 cm³/mol. The Morgan fingerprint density at radius 2 is 1.62 bits per heavy atom. The first-order chi connectivity index (χ1) is 14.0. The van der Waals surface area contributed by atoms with Crippen molar-refractivity contribution < 1.29 is 14.9 Å². The molecule has 2 N–H and O–H groups in total. The number of benzene rings is 2. The molecule has 0 fully saturated rings. The Morgan fingerprint density at radius 1 is 0.966 bits per heavy atom. The van der Waals surface area contributed by atoms with Crippen molar-refractivity contribution in [1.82, 2.24) is 9.38 Å². The highest BCUT2D eigenvalue weighted by molar-refractivity contribution is 5.64. The molecule has 0 aliphatic carbocycles. The second-order valence-electron chi connectivity index (χ2n) is 7.56. The van der Waals surface area contributed by atoms with E-state index in [9.17, 15) is 10.2 Å². The number of aryl methyl sites for hydroxylation is 2. The maximum atomic E-state index is 12.0. The van der Waals surface area contributed by atoms with Gasteiger partial charge in [0.2, 0.25) is 0 Å². The fourth-order valence-corrected chi connectivity index (χ4v) is 4.21. The largest absolute Gasteiger partial charge is 0.479 e. The summed E-state index contributed by atoms with van der Waals surface area (Å²) in [4.78, 5) is 4.68. The SMILES string of the molecule is Cc1nc2c3c(ccn2c1C)[C@@](O)(c1ccccc1)[C@H](O)[C@@H](c1ccccc1)O3. The molecule has 0 spiro atoms. The number of hydrogen-bond donors (Lipinski definition) is 2. The maximum absolute atomic E-state index is 12.0. The molecule has 0 radical (unpaired) electrons. The first-order valence-corrected chi connectivity index (χ1v) is 9.68. The van der Waals surface area contributed by atoms with Gasteiger partial charge in [-0.25, -0.2) is 4.98 Å². The fourth-order valence-electron chi connectivity index (χ4n) is 4.21. The number of hydrogen-bond acceptors (Lipinski definition) is 4. The van der Waals surface area contributed by atoms with Gasteiger partial charge in [-0.1, -0.05) is 60.7 Å². The normalized spacial score (nSPS) is 23.6. The van der Waals surface area contributed by atoms with Crippen LogP contribution in [-0.4, -0.2) is 25.7 Å². The van der Waals surface area contributed by atoms with Crippen LogP contribution in [0.2, 0.25) is 0 Å². The minimum atomic E-state index is -1.63. The van der Waals surface area contributed by atoms with Crippen LogP contribution in [0.25, 0.3) is 5.65 Å². The Kier molecular flexibility index (Phi) is 3.98. The molecule has 3 atom stereocenters. The number of aromatic nitrogens is 2.